The van der Waals surface area contributed by atoms with Crippen LogP contribution in [0.25, 0.3) is 5.69 Å². The maximum Gasteiger partial charge on any atom is 0.416 e. The fourth-order valence-electron chi connectivity index (χ4n) is 2.52. The first-order valence-corrected chi connectivity index (χ1v) is 9.28. The number of carbonyl (C=O) groups excluding carboxylic acids is 1. The fourth-order valence-corrected chi connectivity index (χ4v) is 3.35. The number of thiazole rings is 1. The summed E-state index contributed by atoms with van der Waals surface area (Å²) in [6, 6.07) is 4.50. The first-order valence-electron chi connectivity index (χ1n) is 8.46. The van der Waals surface area contributed by atoms with Crippen LogP contribution in [0.1, 0.15) is 37.1 Å². The lowest BCUT2D eigenvalue weighted by Crippen LogP contribution is -2.31. The predicted octanol–water partition coefficient (Wildman–Crippen LogP) is 5.01. The number of benzene rings is 1. The maximum absolute atomic E-state index is 12.7. The molecule has 0 aliphatic heterocycles. The smallest absolute Gasteiger partial charge is 0.323 e. The first kappa shape index (κ1) is 20.2. The van der Waals surface area contributed by atoms with Gasteiger partial charge in [0.25, 0.3) is 0 Å². The van der Waals surface area contributed by atoms with Gasteiger partial charge in [-0.3, -0.25) is 4.57 Å². The van der Waals surface area contributed by atoms with Gasteiger partial charge in [0, 0.05) is 29.9 Å². The van der Waals surface area contributed by atoms with Crippen molar-refractivity contribution < 1.29 is 18.0 Å². The Morgan fingerprint density at radius 3 is 2.23 bits per heavy atom. The van der Waals surface area contributed by atoms with E-state index in [1.54, 1.807) is 15.7 Å². The van der Waals surface area contributed by atoms with Crippen LogP contribution < -0.4 is 4.80 Å². The minimum atomic E-state index is -4.38. The number of nitrogens with zero attached hydrogens (tertiary/aromatic N) is 3. The Balaban J connectivity index is 2.39. The monoisotopic (exact) mass is 385 g/mol. The Hall–Kier alpha value is -2.09. The molecular formula is C18H22F3N3OS. The van der Waals surface area contributed by atoms with Crippen LogP contribution in [-0.2, 0) is 6.18 Å². The van der Waals surface area contributed by atoms with E-state index in [9.17, 15) is 18.0 Å². The molecule has 2 rings (SSSR count). The van der Waals surface area contributed by atoms with Crippen LogP contribution in [-0.4, -0.2) is 28.6 Å². The Labute approximate surface area is 154 Å². The van der Waals surface area contributed by atoms with Crippen molar-refractivity contribution in [3.05, 3.63) is 45.7 Å². The summed E-state index contributed by atoms with van der Waals surface area (Å²) in [5, 5.41) is 0. The third-order valence-corrected chi connectivity index (χ3v) is 4.59. The molecule has 0 N–H and O–H groups in total. The van der Waals surface area contributed by atoms with Gasteiger partial charge in [-0.1, -0.05) is 13.8 Å². The van der Waals surface area contributed by atoms with Crippen molar-refractivity contribution in [2.45, 2.75) is 39.8 Å². The van der Waals surface area contributed by atoms with Gasteiger partial charge in [-0.2, -0.15) is 18.2 Å². The standard InChI is InChI=1S/C18H22F3N3OS/c1-4-10-23(11-5-2)16(25)22-17-24(12-13(3)26-17)15-8-6-14(7-9-15)18(19,20)21/h6-9,12H,4-5,10-11H2,1-3H3. The third-order valence-electron chi connectivity index (χ3n) is 3.69. The maximum atomic E-state index is 12.7. The molecule has 1 aromatic carbocycles. The largest absolute Gasteiger partial charge is 0.416 e. The summed E-state index contributed by atoms with van der Waals surface area (Å²) in [6.45, 7) is 7.10. The predicted molar refractivity (Wildman–Crippen MR) is 96.5 cm³/mol. The van der Waals surface area contributed by atoms with Gasteiger partial charge < -0.3 is 4.90 Å². The number of halogens is 3. The highest BCUT2D eigenvalue weighted by Gasteiger charge is 2.30. The van der Waals surface area contributed by atoms with Crippen LogP contribution in [0.4, 0.5) is 18.0 Å². The Morgan fingerprint density at radius 1 is 1.15 bits per heavy atom. The molecule has 2 aromatic rings. The van der Waals surface area contributed by atoms with E-state index in [0.29, 0.717) is 23.6 Å². The zero-order valence-corrected chi connectivity index (χ0v) is 15.8. The van der Waals surface area contributed by atoms with Crippen LogP contribution in [0.5, 0.6) is 0 Å². The lowest BCUT2D eigenvalue weighted by atomic mass is 10.2. The lowest BCUT2D eigenvalue weighted by molar-refractivity contribution is -0.137. The van der Waals surface area contributed by atoms with Crippen molar-refractivity contribution in [1.82, 2.24) is 9.47 Å². The van der Waals surface area contributed by atoms with E-state index in [-0.39, 0.29) is 6.03 Å². The van der Waals surface area contributed by atoms with Crippen molar-refractivity contribution in [2.75, 3.05) is 13.1 Å². The van der Waals surface area contributed by atoms with Gasteiger partial charge in [0.1, 0.15) is 0 Å². The second kappa shape index (κ2) is 8.53. The van der Waals surface area contributed by atoms with Crippen molar-refractivity contribution >= 4 is 17.4 Å². The van der Waals surface area contributed by atoms with Crippen molar-refractivity contribution in [1.29, 1.82) is 0 Å². The average Bonchev–Trinajstić information content (AvgIpc) is 2.94. The summed E-state index contributed by atoms with van der Waals surface area (Å²) in [5.41, 5.74) is -0.174. The highest BCUT2D eigenvalue weighted by atomic mass is 32.1. The number of hydrogen-bond acceptors (Lipinski definition) is 2. The molecule has 0 unspecified atom stereocenters. The molecule has 26 heavy (non-hydrogen) atoms. The van der Waals surface area contributed by atoms with Gasteiger partial charge in [-0.15, -0.1) is 11.3 Å². The zero-order valence-electron chi connectivity index (χ0n) is 15.0. The SMILES string of the molecule is CCCN(CCC)C(=O)N=c1sc(C)cn1-c1ccc(C(F)(F)F)cc1. The quantitative estimate of drug-likeness (QED) is 0.713. The van der Waals surface area contributed by atoms with E-state index in [1.807, 2.05) is 20.8 Å². The Kier molecular flexibility index (Phi) is 6.63. The van der Waals surface area contributed by atoms with Crippen molar-refractivity contribution in [3.63, 3.8) is 0 Å². The topological polar surface area (TPSA) is 37.6 Å². The van der Waals surface area contributed by atoms with Gasteiger partial charge in [-0.05, 0) is 44.0 Å². The second-order valence-corrected chi connectivity index (χ2v) is 7.13. The summed E-state index contributed by atoms with van der Waals surface area (Å²) in [6.07, 6.45) is -0.936. The lowest BCUT2D eigenvalue weighted by Gasteiger charge is -2.18. The van der Waals surface area contributed by atoms with Gasteiger partial charge >= 0.3 is 12.2 Å². The normalized spacial score (nSPS) is 12.5. The van der Waals surface area contributed by atoms with E-state index >= 15 is 0 Å². The molecule has 0 atom stereocenters. The summed E-state index contributed by atoms with van der Waals surface area (Å²) in [7, 11) is 0. The van der Waals surface area contributed by atoms with E-state index in [2.05, 4.69) is 4.99 Å². The first-order chi connectivity index (χ1) is 12.3. The molecule has 0 aliphatic carbocycles. The van der Waals surface area contributed by atoms with Crippen LogP contribution in [0.15, 0.2) is 35.5 Å². The van der Waals surface area contributed by atoms with E-state index in [4.69, 9.17) is 0 Å². The minimum Gasteiger partial charge on any atom is -0.323 e. The highest BCUT2D eigenvalue weighted by molar-refractivity contribution is 7.09. The van der Waals surface area contributed by atoms with E-state index < -0.39 is 11.7 Å². The fraction of sp³-hybridized carbons (Fsp3) is 0.444. The molecule has 0 bridgehead atoms. The van der Waals surface area contributed by atoms with Crippen LogP contribution in [0.3, 0.4) is 0 Å². The molecule has 2 amide bonds. The Bertz CT molecular complexity index is 800. The van der Waals surface area contributed by atoms with Gasteiger partial charge in [0.15, 0.2) is 4.80 Å². The minimum absolute atomic E-state index is 0.323. The van der Waals surface area contributed by atoms with Crippen LogP contribution in [0, 0.1) is 6.92 Å². The van der Waals surface area contributed by atoms with Gasteiger partial charge in [0.2, 0.25) is 0 Å². The number of alkyl halides is 3. The second-order valence-electron chi connectivity index (χ2n) is 5.92. The summed E-state index contributed by atoms with van der Waals surface area (Å²) < 4.78 is 39.9. The zero-order chi connectivity index (χ0) is 19.3. The number of aryl methyl sites for hydroxylation is 1. The van der Waals surface area contributed by atoms with Crippen molar-refractivity contribution in [3.8, 4) is 5.69 Å². The number of aromatic nitrogens is 1. The third kappa shape index (κ3) is 4.97. The summed E-state index contributed by atoms with van der Waals surface area (Å²) in [5.74, 6) is 0. The van der Waals surface area contributed by atoms with Gasteiger partial charge in [-0.25, -0.2) is 4.79 Å². The average molecular weight is 385 g/mol. The van der Waals surface area contributed by atoms with Crippen LogP contribution >= 0.6 is 11.3 Å². The Morgan fingerprint density at radius 2 is 1.73 bits per heavy atom. The molecule has 142 valence electrons. The molecule has 0 aliphatic rings. The summed E-state index contributed by atoms with van der Waals surface area (Å²) in [4.78, 5) is 19.7. The number of hydrogen-bond donors (Lipinski definition) is 0. The molecule has 1 aromatic heterocycles. The number of urea groups is 1. The molecule has 0 fully saturated rings. The number of amides is 2. The number of carbonyl (C=O) groups is 1. The molecule has 4 nitrogen and oxygen atoms in total. The molecular weight excluding hydrogens is 363 g/mol. The molecule has 0 spiro atoms. The van der Waals surface area contributed by atoms with Gasteiger partial charge in [0.05, 0.1) is 5.56 Å². The molecule has 0 radical (unpaired) electrons. The van der Waals surface area contributed by atoms with E-state index in [0.717, 1.165) is 29.9 Å². The molecule has 0 saturated heterocycles. The van der Waals surface area contributed by atoms with Crippen LogP contribution in [0.2, 0.25) is 0 Å². The molecule has 8 heteroatoms. The van der Waals surface area contributed by atoms with E-state index in [1.165, 1.54) is 23.5 Å². The highest BCUT2D eigenvalue weighted by Crippen LogP contribution is 2.29. The molecule has 1 heterocycles. The molecule has 0 saturated carbocycles. The number of rotatable bonds is 5. The van der Waals surface area contributed by atoms with Crippen molar-refractivity contribution in [2.24, 2.45) is 4.99 Å². The summed E-state index contributed by atoms with van der Waals surface area (Å²) >= 11 is 1.33.